The Labute approximate surface area is 117 Å². The molecule has 0 unspecified atom stereocenters. The van der Waals surface area contributed by atoms with Gasteiger partial charge in [-0.1, -0.05) is 12.1 Å². The highest BCUT2D eigenvalue weighted by Gasteiger charge is 2.09. The second-order valence-electron chi connectivity index (χ2n) is 4.51. The molecule has 0 saturated carbocycles. The molecule has 0 saturated heterocycles. The minimum Gasteiger partial charge on any atom is -0.493 e. The SMILES string of the molecule is CCOc1ccccc1-c1cn2ccc(CO)cc2n1. The molecule has 0 amide bonds. The summed E-state index contributed by atoms with van der Waals surface area (Å²) >= 11 is 0. The number of hydrogen-bond acceptors (Lipinski definition) is 3. The van der Waals surface area contributed by atoms with Gasteiger partial charge in [-0.15, -0.1) is 0 Å². The lowest BCUT2D eigenvalue weighted by Crippen LogP contribution is -1.93. The van der Waals surface area contributed by atoms with Crippen molar-refractivity contribution in [2.24, 2.45) is 0 Å². The van der Waals surface area contributed by atoms with Crippen molar-refractivity contribution in [1.29, 1.82) is 0 Å². The van der Waals surface area contributed by atoms with E-state index >= 15 is 0 Å². The topological polar surface area (TPSA) is 46.8 Å². The van der Waals surface area contributed by atoms with Gasteiger partial charge in [0, 0.05) is 18.0 Å². The maximum atomic E-state index is 9.18. The molecule has 0 radical (unpaired) electrons. The Morgan fingerprint density at radius 1 is 1.25 bits per heavy atom. The average Bonchev–Trinajstić information content (AvgIpc) is 2.90. The maximum absolute atomic E-state index is 9.18. The monoisotopic (exact) mass is 268 g/mol. The van der Waals surface area contributed by atoms with Crippen LogP contribution >= 0.6 is 0 Å². The summed E-state index contributed by atoms with van der Waals surface area (Å²) in [5, 5.41) is 9.18. The third kappa shape index (κ3) is 2.26. The number of benzene rings is 1. The summed E-state index contributed by atoms with van der Waals surface area (Å²) in [7, 11) is 0. The van der Waals surface area contributed by atoms with E-state index in [0.29, 0.717) is 6.61 Å². The Kier molecular flexibility index (Phi) is 3.39. The smallest absolute Gasteiger partial charge is 0.137 e. The fraction of sp³-hybridized carbons (Fsp3) is 0.188. The van der Waals surface area contributed by atoms with Gasteiger partial charge in [0.2, 0.25) is 0 Å². The maximum Gasteiger partial charge on any atom is 0.137 e. The molecule has 4 heteroatoms. The van der Waals surface area contributed by atoms with Gasteiger partial charge in [-0.2, -0.15) is 0 Å². The highest BCUT2D eigenvalue weighted by atomic mass is 16.5. The van der Waals surface area contributed by atoms with Gasteiger partial charge in [0.25, 0.3) is 0 Å². The molecule has 0 aliphatic heterocycles. The molecule has 3 rings (SSSR count). The van der Waals surface area contributed by atoms with Crippen LogP contribution in [0.4, 0.5) is 0 Å². The molecular formula is C16H16N2O2. The van der Waals surface area contributed by atoms with Crippen LogP contribution in [-0.4, -0.2) is 21.1 Å². The molecule has 0 fully saturated rings. The normalized spacial score (nSPS) is 10.9. The van der Waals surface area contributed by atoms with Gasteiger partial charge in [-0.3, -0.25) is 0 Å². The number of aliphatic hydroxyl groups excluding tert-OH is 1. The minimum absolute atomic E-state index is 0.0220. The number of nitrogens with zero attached hydrogens (tertiary/aromatic N) is 2. The Balaban J connectivity index is 2.10. The van der Waals surface area contributed by atoms with Crippen molar-refractivity contribution < 1.29 is 9.84 Å². The van der Waals surface area contributed by atoms with E-state index in [-0.39, 0.29) is 6.61 Å². The molecule has 0 aliphatic carbocycles. The molecule has 3 aromatic rings. The van der Waals surface area contributed by atoms with E-state index in [4.69, 9.17) is 4.74 Å². The summed E-state index contributed by atoms with van der Waals surface area (Å²) < 4.78 is 7.58. The molecule has 2 heterocycles. The van der Waals surface area contributed by atoms with E-state index in [9.17, 15) is 5.11 Å². The Morgan fingerprint density at radius 3 is 2.90 bits per heavy atom. The highest BCUT2D eigenvalue weighted by molar-refractivity contribution is 5.69. The van der Waals surface area contributed by atoms with Crippen molar-refractivity contribution in [2.75, 3.05) is 6.61 Å². The van der Waals surface area contributed by atoms with Gasteiger partial charge in [0.15, 0.2) is 0 Å². The number of aliphatic hydroxyl groups is 1. The second-order valence-corrected chi connectivity index (χ2v) is 4.51. The fourth-order valence-electron chi connectivity index (χ4n) is 2.21. The quantitative estimate of drug-likeness (QED) is 0.791. The number of aromatic nitrogens is 2. The van der Waals surface area contributed by atoms with E-state index in [1.54, 1.807) is 0 Å². The predicted octanol–water partition coefficient (Wildman–Crippen LogP) is 2.89. The average molecular weight is 268 g/mol. The summed E-state index contributed by atoms with van der Waals surface area (Å²) in [6, 6.07) is 11.6. The van der Waals surface area contributed by atoms with Crippen LogP contribution in [0.15, 0.2) is 48.8 Å². The summed E-state index contributed by atoms with van der Waals surface area (Å²) in [6.07, 6.45) is 3.87. The lowest BCUT2D eigenvalue weighted by Gasteiger charge is -2.07. The molecule has 0 spiro atoms. The number of rotatable bonds is 4. The zero-order valence-corrected chi connectivity index (χ0v) is 11.3. The van der Waals surface area contributed by atoms with E-state index in [1.807, 2.05) is 60.1 Å². The molecule has 1 aromatic carbocycles. The van der Waals surface area contributed by atoms with Crippen LogP contribution in [0.2, 0.25) is 0 Å². The molecule has 0 atom stereocenters. The fourth-order valence-corrected chi connectivity index (χ4v) is 2.21. The Hall–Kier alpha value is -2.33. The van der Waals surface area contributed by atoms with E-state index < -0.39 is 0 Å². The first kappa shape index (κ1) is 12.7. The Bertz CT molecular complexity index is 734. The molecule has 20 heavy (non-hydrogen) atoms. The molecular weight excluding hydrogens is 252 g/mol. The molecule has 1 N–H and O–H groups in total. The molecule has 0 aliphatic rings. The van der Waals surface area contributed by atoms with Gasteiger partial charge >= 0.3 is 0 Å². The lowest BCUT2D eigenvalue weighted by atomic mass is 10.1. The van der Waals surface area contributed by atoms with Crippen molar-refractivity contribution in [3.63, 3.8) is 0 Å². The number of pyridine rings is 1. The highest BCUT2D eigenvalue weighted by Crippen LogP contribution is 2.29. The number of para-hydroxylation sites is 1. The van der Waals surface area contributed by atoms with Crippen LogP contribution in [0.3, 0.4) is 0 Å². The summed E-state index contributed by atoms with van der Waals surface area (Å²) in [5.74, 6) is 0.834. The van der Waals surface area contributed by atoms with E-state index in [2.05, 4.69) is 4.98 Å². The number of hydrogen-bond donors (Lipinski definition) is 1. The van der Waals surface area contributed by atoms with Gasteiger partial charge in [-0.25, -0.2) is 4.98 Å². The van der Waals surface area contributed by atoms with Gasteiger partial charge in [-0.05, 0) is 36.8 Å². The zero-order chi connectivity index (χ0) is 13.9. The van der Waals surface area contributed by atoms with Crippen LogP contribution in [0.1, 0.15) is 12.5 Å². The van der Waals surface area contributed by atoms with Gasteiger partial charge in [0.05, 0.1) is 18.9 Å². The first-order valence-electron chi connectivity index (χ1n) is 6.62. The predicted molar refractivity (Wildman–Crippen MR) is 77.7 cm³/mol. The largest absolute Gasteiger partial charge is 0.493 e. The van der Waals surface area contributed by atoms with Crippen molar-refractivity contribution >= 4 is 5.65 Å². The molecule has 4 nitrogen and oxygen atoms in total. The summed E-state index contributed by atoms with van der Waals surface area (Å²) in [6.45, 7) is 2.61. The van der Waals surface area contributed by atoms with Crippen LogP contribution in [0.25, 0.3) is 16.9 Å². The van der Waals surface area contributed by atoms with Crippen molar-refractivity contribution in [2.45, 2.75) is 13.5 Å². The van der Waals surface area contributed by atoms with Gasteiger partial charge < -0.3 is 14.2 Å². The van der Waals surface area contributed by atoms with Crippen molar-refractivity contribution in [1.82, 2.24) is 9.38 Å². The number of fused-ring (bicyclic) bond motifs is 1. The zero-order valence-electron chi connectivity index (χ0n) is 11.3. The Morgan fingerprint density at radius 2 is 2.10 bits per heavy atom. The number of imidazole rings is 1. The van der Waals surface area contributed by atoms with Crippen LogP contribution in [-0.2, 0) is 6.61 Å². The molecule has 102 valence electrons. The minimum atomic E-state index is 0.0220. The molecule has 2 aromatic heterocycles. The van der Waals surface area contributed by atoms with Crippen molar-refractivity contribution in [3.05, 3.63) is 54.4 Å². The third-order valence-corrected chi connectivity index (χ3v) is 3.17. The first-order valence-corrected chi connectivity index (χ1v) is 6.62. The number of ether oxygens (including phenoxy) is 1. The van der Waals surface area contributed by atoms with Crippen LogP contribution in [0.5, 0.6) is 5.75 Å². The van der Waals surface area contributed by atoms with Crippen LogP contribution in [0, 0.1) is 0 Å². The van der Waals surface area contributed by atoms with E-state index in [1.165, 1.54) is 0 Å². The van der Waals surface area contributed by atoms with Gasteiger partial charge in [0.1, 0.15) is 11.4 Å². The van der Waals surface area contributed by atoms with Crippen LogP contribution < -0.4 is 4.74 Å². The lowest BCUT2D eigenvalue weighted by molar-refractivity contribution is 0.282. The third-order valence-electron chi connectivity index (χ3n) is 3.17. The first-order chi connectivity index (χ1) is 9.81. The summed E-state index contributed by atoms with van der Waals surface area (Å²) in [5.41, 5.74) is 3.51. The molecule has 0 bridgehead atoms. The van der Waals surface area contributed by atoms with Crippen molar-refractivity contribution in [3.8, 4) is 17.0 Å². The van der Waals surface area contributed by atoms with E-state index in [0.717, 1.165) is 28.2 Å². The standard InChI is InChI=1S/C16H16N2O2/c1-2-20-15-6-4-3-5-13(15)14-10-18-8-7-12(11-19)9-16(18)17-14/h3-10,19H,2,11H2,1H3. The second kappa shape index (κ2) is 5.35. The summed E-state index contributed by atoms with van der Waals surface area (Å²) in [4.78, 5) is 4.61.